The van der Waals surface area contributed by atoms with E-state index in [2.05, 4.69) is 12.2 Å². The maximum absolute atomic E-state index is 12.6. The van der Waals surface area contributed by atoms with Crippen LogP contribution >= 0.6 is 11.3 Å². The number of hydrogen-bond acceptors (Lipinski definition) is 6. The van der Waals surface area contributed by atoms with E-state index < -0.39 is 10.0 Å². The molecule has 0 N–H and O–H groups in total. The van der Waals surface area contributed by atoms with Crippen molar-refractivity contribution in [3.63, 3.8) is 0 Å². The molecule has 138 valence electrons. The van der Waals surface area contributed by atoms with Gasteiger partial charge in [-0.1, -0.05) is 12.2 Å². The summed E-state index contributed by atoms with van der Waals surface area (Å²) in [5.74, 6) is 0.0984. The molecule has 6 nitrogen and oxygen atoms in total. The highest BCUT2D eigenvalue weighted by molar-refractivity contribution is 7.91. The van der Waals surface area contributed by atoms with Crippen LogP contribution in [-0.2, 0) is 30.7 Å². The lowest BCUT2D eigenvalue weighted by Crippen LogP contribution is -2.40. The van der Waals surface area contributed by atoms with Crippen molar-refractivity contribution < 1.29 is 22.7 Å². The van der Waals surface area contributed by atoms with Gasteiger partial charge in [0.25, 0.3) is 10.0 Å². The average molecular weight is 386 g/mol. The van der Waals surface area contributed by atoms with E-state index in [1.807, 2.05) is 0 Å². The Morgan fingerprint density at radius 3 is 2.80 bits per heavy atom. The summed E-state index contributed by atoms with van der Waals surface area (Å²) in [6.07, 6.45) is 7.44. The third kappa shape index (κ3) is 4.91. The lowest BCUT2D eigenvalue weighted by molar-refractivity contribution is -0.144. The van der Waals surface area contributed by atoms with Gasteiger partial charge in [-0.05, 0) is 37.3 Å². The van der Waals surface area contributed by atoms with Crippen LogP contribution < -0.4 is 0 Å². The van der Waals surface area contributed by atoms with Crippen LogP contribution in [0, 0.1) is 5.92 Å². The van der Waals surface area contributed by atoms with E-state index in [9.17, 15) is 13.2 Å². The minimum atomic E-state index is -3.49. The zero-order valence-corrected chi connectivity index (χ0v) is 15.7. The number of allylic oxidation sites excluding steroid dienone is 2. The minimum Gasteiger partial charge on any atom is -0.465 e. The van der Waals surface area contributed by atoms with Crippen molar-refractivity contribution in [1.82, 2.24) is 4.31 Å². The predicted molar refractivity (Wildman–Crippen MR) is 95.0 cm³/mol. The van der Waals surface area contributed by atoms with Gasteiger partial charge in [0.05, 0.1) is 26.2 Å². The minimum absolute atomic E-state index is 0.117. The van der Waals surface area contributed by atoms with Crippen molar-refractivity contribution in [3.05, 3.63) is 29.2 Å². The van der Waals surface area contributed by atoms with E-state index in [0.29, 0.717) is 43.7 Å². The van der Waals surface area contributed by atoms with Crippen molar-refractivity contribution in [2.45, 2.75) is 29.9 Å². The van der Waals surface area contributed by atoms with Crippen molar-refractivity contribution in [2.24, 2.45) is 5.92 Å². The van der Waals surface area contributed by atoms with Crippen molar-refractivity contribution in [3.8, 4) is 0 Å². The molecule has 1 fully saturated rings. The third-order valence-corrected chi connectivity index (χ3v) is 7.83. The molecule has 8 heteroatoms. The van der Waals surface area contributed by atoms with Gasteiger partial charge < -0.3 is 9.47 Å². The number of rotatable bonds is 6. The van der Waals surface area contributed by atoms with E-state index in [1.165, 1.54) is 4.31 Å². The van der Waals surface area contributed by atoms with Crippen molar-refractivity contribution in [2.75, 3.05) is 32.9 Å². The monoisotopic (exact) mass is 385 g/mol. The second-order valence-electron chi connectivity index (χ2n) is 6.25. The Hall–Kier alpha value is -1.22. The highest BCUT2D eigenvalue weighted by Gasteiger charge is 2.28. The van der Waals surface area contributed by atoms with Crippen LogP contribution in [0.2, 0.25) is 0 Å². The number of morpholine rings is 1. The highest BCUT2D eigenvalue weighted by atomic mass is 32.2. The molecule has 0 unspecified atom stereocenters. The Morgan fingerprint density at radius 2 is 2.08 bits per heavy atom. The van der Waals surface area contributed by atoms with E-state index in [4.69, 9.17) is 9.47 Å². The van der Waals surface area contributed by atoms with Gasteiger partial charge in [-0.2, -0.15) is 4.31 Å². The van der Waals surface area contributed by atoms with Crippen LogP contribution in [0.3, 0.4) is 0 Å². The Kier molecular flexibility index (Phi) is 6.27. The lowest BCUT2D eigenvalue weighted by Gasteiger charge is -2.25. The number of esters is 1. The molecule has 25 heavy (non-hydrogen) atoms. The van der Waals surface area contributed by atoms with Gasteiger partial charge in [-0.15, -0.1) is 11.3 Å². The van der Waals surface area contributed by atoms with E-state index in [0.717, 1.165) is 30.6 Å². The van der Waals surface area contributed by atoms with Gasteiger partial charge in [-0.3, -0.25) is 4.79 Å². The third-order valence-electron chi connectivity index (χ3n) is 4.38. The predicted octanol–water partition coefficient (Wildman–Crippen LogP) is 2.21. The molecule has 0 bridgehead atoms. The molecule has 0 aromatic carbocycles. The zero-order valence-electron chi connectivity index (χ0n) is 14.1. The molecule has 2 aliphatic rings. The first kappa shape index (κ1) is 18.6. The zero-order chi connectivity index (χ0) is 17.7. The Labute approximate surface area is 152 Å². The molecule has 1 aromatic rings. The summed E-state index contributed by atoms with van der Waals surface area (Å²) < 4.78 is 37.4. The van der Waals surface area contributed by atoms with E-state index in [1.54, 1.807) is 12.1 Å². The fraction of sp³-hybridized carbons (Fsp3) is 0.588. The summed E-state index contributed by atoms with van der Waals surface area (Å²) in [6.45, 7) is 2.01. The fourth-order valence-electron chi connectivity index (χ4n) is 2.92. The second kappa shape index (κ2) is 8.44. The van der Waals surface area contributed by atoms with Gasteiger partial charge in [0.2, 0.25) is 0 Å². The van der Waals surface area contributed by atoms with Crippen LogP contribution in [0.4, 0.5) is 0 Å². The largest absolute Gasteiger partial charge is 0.465 e. The van der Waals surface area contributed by atoms with Gasteiger partial charge in [0.1, 0.15) is 4.21 Å². The first-order valence-electron chi connectivity index (χ1n) is 8.53. The molecule has 1 aliphatic heterocycles. The molecular weight excluding hydrogens is 362 g/mol. The molecule has 1 aromatic heterocycles. The summed E-state index contributed by atoms with van der Waals surface area (Å²) in [5, 5.41) is 0. The van der Waals surface area contributed by atoms with E-state index >= 15 is 0 Å². The Balaban J connectivity index is 1.53. The molecule has 0 spiro atoms. The summed E-state index contributed by atoms with van der Waals surface area (Å²) in [6, 6.07) is 3.27. The quantitative estimate of drug-likeness (QED) is 0.554. The molecule has 0 saturated carbocycles. The van der Waals surface area contributed by atoms with Crippen LogP contribution in [-0.4, -0.2) is 51.6 Å². The van der Waals surface area contributed by atoms with Gasteiger partial charge in [0.15, 0.2) is 0 Å². The van der Waals surface area contributed by atoms with E-state index in [-0.39, 0.29) is 16.6 Å². The highest BCUT2D eigenvalue weighted by Crippen LogP contribution is 2.26. The topological polar surface area (TPSA) is 72.9 Å². The Bertz CT molecular complexity index is 719. The van der Waals surface area contributed by atoms with Gasteiger partial charge in [-0.25, -0.2) is 8.42 Å². The lowest BCUT2D eigenvalue weighted by atomic mass is 9.95. The molecule has 1 aliphatic carbocycles. The summed E-state index contributed by atoms with van der Waals surface area (Å²) in [4.78, 5) is 12.7. The summed E-state index contributed by atoms with van der Waals surface area (Å²) in [5.41, 5.74) is 0. The molecule has 1 atom stereocenters. The molecule has 2 heterocycles. The number of sulfonamides is 1. The van der Waals surface area contributed by atoms with Crippen LogP contribution in [0.5, 0.6) is 0 Å². The maximum atomic E-state index is 12.6. The van der Waals surface area contributed by atoms with Crippen LogP contribution in [0.25, 0.3) is 0 Å². The fourth-order valence-corrected chi connectivity index (χ4v) is 5.82. The van der Waals surface area contributed by atoms with Gasteiger partial charge >= 0.3 is 5.97 Å². The molecule has 3 rings (SSSR count). The first-order valence-corrected chi connectivity index (χ1v) is 10.8. The average Bonchev–Trinajstić information content (AvgIpc) is 3.11. The van der Waals surface area contributed by atoms with Crippen LogP contribution in [0.1, 0.15) is 24.1 Å². The normalized spacial score (nSPS) is 22.0. The van der Waals surface area contributed by atoms with Gasteiger partial charge in [0, 0.05) is 18.0 Å². The first-order chi connectivity index (χ1) is 12.1. The van der Waals surface area contributed by atoms with Crippen molar-refractivity contribution >= 4 is 27.3 Å². The maximum Gasteiger partial charge on any atom is 0.311 e. The standard InChI is InChI=1S/C17H23NO5S2/c19-16(23-13-14-4-2-1-3-5-14)12-15-6-7-17(24-15)25(20,21)18-8-10-22-11-9-18/h1-2,6-7,14H,3-5,8-13H2/t14-/m0/s1. The SMILES string of the molecule is O=C(Cc1ccc(S(=O)(=O)N2CCOCC2)s1)OC[C@H]1CC=CCC1. The number of carbonyl (C=O) groups is 1. The number of hydrogen-bond donors (Lipinski definition) is 0. The molecule has 0 radical (unpaired) electrons. The number of thiophene rings is 1. The van der Waals surface area contributed by atoms with Crippen LogP contribution in [0.15, 0.2) is 28.5 Å². The summed E-state index contributed by atoms with van der Waals surface area (Å²) in [7, 11) is -3.49. The summed E-state index contributed by atoms with van der Waals surface area (Å²) >= 11 is 1.14. The number of carbonyl (C=O) groups excluding carboxylic acids is 1. The molecular formula is C17H23NO5S2. The number of ether oxygens (including phenoxy) is 2. The smallest absolute Gasteiger partial charge is 0.311 e. The molecule has 0 amide bonds. The molecule has 1 saturated heterocycles. The Morgan fingerprint density at radius 1 is 1.28 bits per heavy atom. The number of nitrogens with zero attached hydrogens (tertiary/aromatic N) is 1. The van der Waals surface area contributed by atoms with Crippen molar-refractivity contribution in [1.29, 1.82) is 0 Å². The second-order valence-corrected chi connectivity index (χ2v) is 9.58.